The smallest absolute Gasteiger partial charge is 0.229 e. The molecular formula is C39H40N12O3. The Labute approximate surface area is 309 Å². The van der Waals surface area contributed by atoms with E-state index in [0.29, 0.717) is 35.1 Å². The Morgan fingerprint density at radius 3 is 1.94 bits per heavy atom. The summed E-state index contributed by atoms with van der Waals surface area (Å²) in [4.78, 5) is 18.4. The van der Waals surface area contributed by atoms with Gasteiger partial charge in [0, 0.05) is 53.0 Å². The van der Waals surface area contributed by atoms with Crippen LogP contribution in [0.3, 0.4) is 0 Å². The Kier molecular flexibility index (Phi) is 8.00. The van der Waals surface area contributed by atoms with Crippen molar-refractivity contribution in [1.82, 2.24) is 39.9 Å². The molecule has 5 N–H and O–H groups in total. The summed E-state index contributed by atoms with van der Waals surface area (Å²) in [6.45, 7) is 4.95. The van der Waals surface area contributed by atoms with Crippen molar-refractivity contribution in [3.05, 3.63) is 72.4 Å². The van der Waals surface area contributed by atoms with E-state index in [2.05, 4.69) is 88.5 Å². The molecule has 0 bridgehead atoms. The standard InChI is InChI=1S/C22H24N6O2.C17H16N6O/c1-13-10-15(11-18-16(13)12-23-28(18)19-4-2-3-8-29-19)25-22-26-17-7-9-30-20(17)21(27-22)24-14-5-6-14;1-9-6-11(7-14-12(9)8-18-23-14)20-17-21-13-4-5-24-15(13)16(22-17)19-10-2-3-10/h7,9-12,14,19H,2-6,8H2,1H3,(H2,24,25,26,27);4-8,10H,2-3H2,1H3,(H,18,23)(H2,19,20,21,22). The second kappa shape index (κ2) is 13.3. The maximum Gasteiger partial charge on any atom is 0.229 e. The molecule has 54 heavy (non-hydrogen) atoms. The topological polar surface area (TPSA) is 182 Å². The zero-order valence-corrected chi connectivity index (χ0v) is 30.0. The number of benzene rings is 2. The number of hydrogen-bond donors (Lipinski definition) is 5. The van der Waals surface area contributed by atoms with Crippen LogP contribution in [0.1, 0.15) is 62.3 Å². The minimum Gasteiger partial charge on any atom is -0.459 e. The highest BCUT2D eigenvalue weighted by molar-refractivity contribution is 5.89. The summed E-state index contributed by atoms with van der Waals surface area (Å²) in [5.74, 6) is 2.58. The number of H-pyrrole nitrogens is 1. The average molecular weight is 725 g/mol. The molecule has 0 radical (unpaired) electrons. The van der Waals surface area contributed by atoms with Crippen molar-refractivity contribution in [2.24, 2.45) is 0 Å². The van der Waals surface area contributed by atoms with Crippen molar-refractivity contribution >= 4 is 78.9 Å². The third-order valence-electron chi connectivity index (χ3n) is 10.1. The molecule has 2 saturated carbocycles. The van der Waals surface area contributed by atoms with E-state index < -0.39 is 0 Å². The van der Waals surface area contributed by atoms with Crippen LogP contribution in [0.4, 0.5) is 34.9 Å². The Morgan fingerprint density at radius 2 is 1.33 bits per heavy atom. The van der Waals surface area contributed by atoms with Gasteiger partial charge in [-0.25, -0.2) is 14.6 Å². The van der Waals surface area contributed by atoms with Crippen LogP contribution in [0.25, 0.3) is 44.0 Å². The van der Waals surface area contributed by atoms with Crippen molar-refractivity contribution in [2.45, 2.75) is 77.1 Å². The van der Waals surface area contributed by atoms with Crippen molar-refractivity contribution in [2.75, 3.05) is 27.9 Å². The summed E-state index contributed by atoms with van der Waals surface area (Å²) in [6, 6.07) is 13.0. The zero-order chi connectivity index (χ0) is 36.2. The number of nitrogens with zero attached hydrogens (tertiary/aromatic N) is 7. The van der Waals surface area contributed by atoms with E-state index in [1.807, 2.05) is 35.3 Å². The first-order valence-corrected chi connectivity index (χ1v) is 18.6. The first kappa shape index (κ1) is 32.4. The number of hydrogen-bond acceptors (Lipinski definition) is 13. The Hall–Kier alpha value is -6.22. The third-order valence-corrected chi connectivity index (χ3v) is 10.1. The number of ether oxygens (including phenoxy) is 1. The molecule has 7 heterocycles. The third kappa shape index (κ3) is 6.51. The highest BCUT2D eigenvalue weighted by atomic mass is 16.5. The number of nitrogens with one attached hydrogen (secondary N) is 5. The van der Waals surface area contributed by atoms with Gasteiger partial charge >= 0.3 is 0 Å². The first-order chi connectivity index (χ1) is 26.5. The molecule has 3 aliphatic rings. The molecule has 1 saturated heterocycles. The lowest BCUT2D eigenvalue weighted by Gasteiger charge is -2.23. The van der Waals surface area contributed by atoms with E-state index in [4.69, 9.17) is 13.6 Å². The molecule has 2 aliphatic carbocycles. The highest BCUT2D eigenvalue weighted by Crippen LogP contribution is 2.34. The predicted octanol–water partition coefficient (Wildman–Crippen LogP) is 8.62. The Bertz CT molecular complexity index is 2630. The molecule has 274 valence electrons. The van der Waals surface area contributed by atoms with Crippen molar-refractivity contribution in [3.63, 3.8) is 0 Å². The molecule has 11 rings (SSSR count). The fourth-order valence-electron chi connectivity index (χ4n) is 6.97. The van der Waals surface area contributed by atoms with Crippen molar-refractivity contribution < 1.29 is 13.6 Å². The minimum atomic E-state index is -0.00113. The van der Waals surface area contributed by atoms with Gasteiger partial charge in [-0.1, -0.05) is 0 Å². The lowest BCUT2D eigenvalue weighted by atomic mass is 10.1. The summed E-state index contributed by atoms with van der Waals surface area (Å²) in [7, 11) is 0. The molecule has 15 heteroatoms. The van der Waals surface area contributed by atoms with Gasteiger partial charge in [-0.2, -0.15) is 20.2 Å². The number of rotatable bonds is 9. The lowest BCUT2D eigenvalue weighted by molar-refractivity contribution is -0.0366. The molecule has 1 unspecified atom stereocenters. The summed E-state index contributed by atoms with van der Waals surface area (Å²) in [5.41, 5.74) is 9.16. The van der Waals surface area contributed by atoms with Gasteiger partial charge in [0.05, 0.1) is 36.0 Å². The number of anilines is 6. The molecule has 6 aromatic heterocycles. The van der Waals surface area contributed by atoms with E-state index in [1.165, 1.54) is 12.8 Å². The van der Waals surface area contributed by atoms with E-state index in [1.54, 1.807) is 12.5 Å². The molecule has 1 atom stereocenters. The van der Waals surface area contributed by atoms with Gasteiger partial charge in [0.25, 0.3) is 0 Å². The van der Waals surface area contributed by atoms with E-state index in [0.717, 1.165) is 106 Å². The first-order valence-electron chi connectivity index (χ1n) is 18.6. The molecule has 0 spiro atoms. The van der Waals surface area contributed by atoms with Gasteiger partial charge in [-0.3, -0.25) is 5.10 Å². The van der Waals surface area contributed by atoms with Crippen molar-refractivity contribution in [1.29, 1.82) is 0 Å². The van der Waals surface area contributed by atoms with Gasteiger partial charge in [0.15, 0.2) is 29.0 Å². The molecular weight excluding hydrogens is 685 g/mol. The van der Waals surface area contributed by atoms with Crippen LogP contribution < -0.4 is 21.3 Å². The fraction of sp³-hybridized carbons (Fsp3) is 0.333. The maximum absolute atomic E-state index is 5.96. The quantitative estimate of drug-likeness (QED) is 0.0955. The maximum atomic E-state index is 5.96. The largest absolute Gasteiger partial charge is 0.459 e. The Balaban J connectivity index is 0.000000137. The minimum absolute atomic E-state index is 0.00113. The van der Waals surface area contributed by atoms with Gasteiger partial charge in [-0.15, -0.1) is 0 Å². The van der Waals surface area contributed by atoms with Crippen LogP contribution in [-0.4, -0.2) is 58.6 Å². The second-order valence-corrected chi connectivity index (χ2v) is 14.4. The van der Waals surface area contributed by atoms with E-state index in [9.17, 15) is 0 Å². The molecule has 0 amide bonds. The molecule has 3 fully saturated rings. The summed E-state index contributed by atoms with van der Waals surface area (Å²) >= 11 is 0. The molecule has 15 nitrogen and oxygen atoms in total. The van der Waals surface area contributed by atoms with Gasteiger partial charge in [0.2, 0.25) is 11.9 Å². The highest BCUT2D eigenvalue weighted by Gasteiger charge is 2.25. The lowest BCUT2D eigenvalue weighted by Crippen LogP contribution is -2.19. The van der Waals surface area contributed by atoms with E-state index >= 15 is 0 Å². The van der Waals surface area contributed by atoms with E-state index in [-0.39, 0.29) is 6.23 Å². The monoisotopic (exact) mass is 724 g/mol. The predicted molar refractivity (Wildman–Crippen MR) is 208 cm³/mol. The van der Waals surface area contributed by atoms with Crippen molar-refractivity contribution in [3.8, 4) is 0 Å². The van der Waals surface area contributed by atoms with Crippen LogP contribution in [-0.2, 0) is 4.74 Å². The molecule has 2 aromatic carbocycles. The summed E-state index contributed by atoms with van der Waals surface area (Å²) in [6.07, 6.45) is 15.0. The number of aromatic amines is 1. The van der Waals surface area contributed by atoms with Crippen LogP contribution in [0.2, 0.25) is 0 Å². The number of aryl methyl sites for hydroxylation is 2. The average Bonchev–Trinajstić information content (AvgIpc) is 3.85. The number of fused-ring (bicyclic) bond motifs is 4. The Morgan fingerprint density at radius 1 is 0.704 bits per heavy atom. The van der Waals surface area contributed by atoms with Gasteiger partial charge in [0.1, 0.15) is 11.0 Å². The fourth-order valence-corrected chi connectivity index (χ4v) is 6.97. The summed E-state index contributed by atoms with van der Waals surface area (Å²) < 4.78 is 19.1. The van der Waals surface area contributed by atoms with Gasteiger partial charge in [-0.05, 0) is 94.2 Å². The SMILES string of the molecule is Cc1cc(Nc2nc(NC3CC3)c3occc3n2)cc2[nH]ncc12.Cc1cc(Nc2nc(NC3CC3)c3occc3n2)cc2c1cnn2C1CCCCO1. The normalized spacial score (nSPS) is 17.2. The van der Waals surface area contributed by atoms with Crippen LogP contribution in [0.5, 0.6) is 0 Å². The van der Waals surface area contributed by atoms with Crippen LogP contribution in [0.15, 0.2) is 70.2 Å². The number of furan rings is 2. The molecule has 1 aliphatic heterocycles. The summed E-state index contributed by atoms with van der Waals surface area (Å²) in [5, 5.41) is 27.5. The zero-order valence-electron chi connectivity index (χ0n) is 30.0. The van der Waals surface area contributed by atoms with Gasteiger partial charge < -0.3 is 34.8 Å². The van der Waals surface area contributed by atoms with Crippen LogP contribution in [0, 0.1) is 13.8 Å². The second-order valence-electron chi connectivity index (χ2n) is 14.4. The molecule has 8 aromatic rings. The number of aromatic nitrogens is 8. The van der Waals surface area contributed by atoms with Crippen LogP contribution >= 0.6 is 0 Å².